The largest absolute Gasteiger partial charge is 0.356 e. The van der Waals surface area contributed by atoms with Gasteiger partial charge < -0.3 is 15.5 Å². The fraction of sp³-hybridized carbons (Fsp3) is 0.778. The minimum absolute atomic E-state index is 0. The molecule has 25 heavy (non-hydrogen) atoms. The van der Waals surface area contributed by atoms with Crippen molar-refractivity contribution in [3.05, 3.63) is 16.1 Å². The Morgan fingerprint density at radius 3 is 2.56 bits per heavy atom. The third kappa shape index (κ3) is 8.68. The molecule has 0 aromatic carbocycles. The monoisotopic (exact) mass is 479 g/mol. The minimum atomic E-state index is 0. The van der Waals surface area contributed by atoms with E-state index >= 15 is 0 Å². The molecule has 0 radical (unpaired) electrons. The van der Waals surface area contributed by atoms with Crippen LogP contribution in [0.5, 0.6) is 0 Å². The van der Waals surface area contributed by atoms with Gasteiger partial charge in [-0.3, -0.25) is 4.99 Å². The van der Waals surface area contributed by atoms with Crippen molar-refractivity contribution in [2.24, 2.45) is 4.99 Å². The number of aromatic nitrogens is 1. The van der Waals surface area contributed by atoms with Gasteiger partial charge in [0, 0.05) is 19.0 Å². The second-order valence-electron chi connectivity index (χ2n) is 6.78. The molecule has 2 heterocycles. The van der Waals surface area contributed by atoms with Crippen molar-refractivity contribution in [1.82, 2.24) is 20.5 Å². The summed E-state index contributed by atoms with van der Waals surface area (Å²) in [6.07, 6.45) is 6.70. The van der Waals surface area contributed by atoms with Crippen LogP contribution in [0.3, 0.4) is 0 Å². The van der Waals surface area contributed by atoms with Gasteiger partial charge in [0.25, 0.3) is 0 Å². The Labute approximate surface area is 174 Å². The van der Waals surface area contributed by atoms with Crippen LogP contribution in [0, 0.1) is 0 Å². The van der Waals surface area contributed by atoms with Crippen molar-refractivity contribution in [2.45, 2.75) is 58.4 Å². The molecule has 1 aromatic rings. The molecule has 0 saturated carbocycles. The van der Waals surface area contributed by atoms with Gasteiger partial charge in [0.15, 0.2) is 5.96 Å². The highest BCUT2D eigenvalue weighted by Gasteiger charge is 2.09. The number of nitrogens with one attached hydrogen (secondary N) is 2. The first-order valence-corrected chi connectivity index (χ1v) is 10.2. The molecule has 0 spiro atoms. The Kier molecular flexibility index (Phi) is 11.6. The minimum Gasteiger partial charge on any atom is -0.356 e. The summed E-state index contributed by atoms with van der Waals surface area (Å²) in [5, 5.41) is 10.0. The van der Waals surface area contributed by atoms with E-state index in [9.17, 15) is 0 Å². The van der Waals surface area contributed by atoms with Gasteiger partial charge in [0.1, 0.15) is 5.01 Å². The van der Waals surface area contributed by atoms with E-state index in [1.807, 2.05) is 7.05 Å². The van der Waals surface area contributed by atoms with Crippen LogP contribution in [0.25, 0.3) is 0 Å². The maximum atomic E-state index is 4.65. The first kappa shape index (κ1) is 22.6. The van der Waals surface area contributed by atoms with Crippen molar-refractivity contribution in [3.63, 3.8) is 0 Å². The highest BCUT2D eigenvalue weighted by atomic mass is 127. The molecule has 1 aliphatic rings. The number of guanidine groups is 1. The van der Waals surface area contributed by atoms with E-state index in [-0.39, 0.29) is 24.0 Å². The molecule has 1 saturated heterocycles. The van der Waals surface area contributed by atoms with Gasteiger partial charge in [0.2, 0.25) is 0 Å². The zero-order valence-corrected chi connectivity index (χ0v) is 19.0. The molecular formula is C18H34IN5S. The number of nitrogens with zero attached hydrogens (tertiary/aromatic N) is 3. The van der Waals surface area contributed by atoms with Crippen molar-refractivity contribution in [2.75, 3.05) is 33.2 Å². The van der Waals surface area contributed by atoms with E-state index in [0.29, 0.717) is 5.92 Å². The average molecular weight is 479 g/mol. The van der Waals surface area contributed by atoms with E-state index in [1.165, 1.54) is 51.0 Å². The Morgan fingerprint density at radius 2 is 1.96 bits per heavy atom. The van der Waals surface area contributed by atoms with Crippen LogP contribution in [0.4, 0.5) is 0 Å². The molecule has 0 bridgehead atoms. The van der Waals surface area contributed by atoms with E-state index in [2.05, 4.69) is 44.7 Å². The number of hydrogen-bond acceptors (Lipinski definition) is 4. The lowest BCUT2D eigenvalue weighted by Gasteiger charge is -2.20. The molecule has 7 heteroatoms. The van der Waals surface area contributed by atoms with Gasteiger partial charge in [-0.15, -0.1) is 35.3 Å². The van der Waals surface area contributed by atoms with E-state index in [4.69, 9.17) is 0 Å². The topological polar surface area (TPSA) is 52.6 Å². The van der Waals surface area contributed by atoms with Crippen molar-refractivity contribution >= 4 is 41.3 Å². The summed E-state index contributed by atoms with van der Waals surface area (Å²) < 4.78 is 0. The number of hydrogen-bond donors (Lipinski definition) is 2. The average Bonchev–Trinajstić information content (AvgIpc) is 2.91. The number of aliphatic imine (C=N–C) groups is 1. The number of likely N-dealkylation sites (tertiary alicyclic amines) is 1. The van der Waals surface area contributed by atoms with Crippen LogP contribution in [-0.2, 0) is 6.54 Å². The van der Waals surface area contributed by atoms with Crippen molar-refractivity contribution < 1.29 is 0 Å². The lowest BCUT2D eigenvalue weighted by molar-refractivity contribution is 0.282. The van der Waals surface area contributed by atoms with Gasteiger partial charge in [0.05, 0.1) is 12.2 Å². The fourth-order valence-electron chi connectivity index (χ4n) is 2.92. The second kappa shape index (κ2) is 12.9. The highest BCUT2D eigenvalue weighted by molar-refractivity contribution is 14.0. The molecule has 1 aromatic heterocycles. The second-order valence-corrected chi connectivity index (χ2v) is 7.73. The molecule has 0 aliphatic carbocycles. The molecule has 2 N–H and O–H groups in total. The number of thiazole rings is 1. The molecule has 1 fully saturated rings. The van der Waals surface area contributed by atoms with Gasteiger partial charge in [-0.2, -0.15) is 0 Å². The molecular weight excluding hydrogens is 445 g/mol. The van der Waals surface area contributed by atoms with Gasteiger partial charge in [-0.05, 0) is 44.8 Å². The van der Waals surface area contributed by atoms with Crippen LogP contribution in [0.2, 0.25) is 0 Å². The van der Waals surface area contributed by atoms with E-state index in [1.54, 1.807) is 11.3 Å². The standard InChI is InChI=1S/C18H33N5S.HI/c1-15(2)16-14-24-17(22-16)13-21-18(19-3)20-9-8-12-23-10-6-4-5-7-11-23;/h14-15H,4-13H2,1-3H3,(H2,19,20,21);1H. The van der Waals surface area contributed by atoms with Crippen LogP contribution in [0.15, 0.2) is 10.4 Å². The third-order valence-electron chi connectivity index (χ3n) is 4.43. The lowest BCUT2D eigenvalue weighted by atomic mass is 10.2. The normalized spacial score (nSPS) is 16.4. The predicted octanol–water partition coefficient (Wildman–Crippen LogP) is 3.82. The molecule has 144 valence electrons. The van der Waals surface area contributed by atoms with E-state index < -0.39 is 0 Å². The Bertz CT molecular complexity index is 495. The van der Waals surface area contributed by atoms with Gasteiger partial charge in [-0.25, -0.2) is 4.98 Å². The zero-order chi connectivity index (χ0) is 17.2. The Balaban J connectivity index is 0.00000312. The van der Waals surface area contributed by atoms with Crippen molar-refractivity contribution in [3.8, 4) is 0 Å². The quantitative estimate of drug-likeness (QED) is 0.270. The van der Waals surface area contributed by atoms with E-state index in [0.717, 1.165) is 30.5 Å². The third-order valence-corrected chi connectivity index (χ3v) is 5.30. The summed E-state index contributed by atoms with van der Waals surface area (Å²) >= 11 is 1.72. The number of halogens is 1. The molecule has 5 nitrogen and oxygen atoms in total. The summed E-state index contributed by atoms with van der Waals surface area (Å²) in [7, 11) is 1.82. The fourth-order valence-corrected chi connectivity index (χ4v) is 3.82. The summed E-state index contributed by atoms with van der Waals surface area (Å²) in [5.41, 5.74) is 1.18. The number of rotatable bonds is 7. The molecule has 2 rings (SSSR count). The molecule has 0 amide bonds. The van der Waals surface area contributed by atoms with Crippen LogP contribution in [-0.4, -0.2) is 49.1 Å². The van der Waals surface area contributed by atoms with Crippen molar-refractivity contribution in [1.29, 1.82) is 0 Å². The zero-order valence-electron chi connectivity index (χ0n) is 15.9. The van der Waals surface area contributed by atoms with Crippen LogP contribution in [0.1, 0.15) is 62.6 Å². The maximum absolute atomic E-state index is 4.65. The smallest absolute Gasteiger partial charge is 0.191 e. The van der Waals surface area contributed by atoms with Crippen LogP contribution < -0.4 is 10.6 Å². The summed E-state index contributed by atoms with van der Waals surface area (Å²) in [4.78, 5) is 11.6. The summed E-state index contributed by atoms with van der Waals surface area (Å²) in [6.45, 7) is 9.79. The molecule has 0 atom stereocenters. The predicted molar refractivity (Wildman–Crippen MR) is 119 cm³/mol. The summed E-state index contributed by atoms with van der Waals surface area (Å²) in [6, 6.07) is 0. The highest BCUT2D eigenvalue weighted by Crippen LogP contribution is 2.17. The van der Waals surface area contributed by atoms with Gasteiger partial charge in [-0.1, -0.05) is 26.7 Å². The SMILES string of the molecule is CN=C(NCCCN1CCCCCC1)NCc1nc(C(C)C)cs1.I. The first-order chi connectivity index (χ1) is 11.7. The molecule has 0 unspecified atom stereocenters. The van der Waals surface area contributed by atoms with Gasteiger partial charge >= 0.3 is 0 Å². The first-order valence-electron chi connectivity index (χ1n) is 9.30. The summed E-state index contributed by atoms with van der Waals surface area (Å²) in [5.74, 6) is 1.36. The Hall–Kier alpha value is -0.410. The van der Waals surface area contributed by atoms with Crippen LogP contribution >= 0.6 is 35.3 Å². The Morgan fingerprint density at radius 1 is 1.24 bits per heavy atom. The maximum Gasteiger partial charge on any atom is 0.191 e. The lowest BCUT2D eigenvalue weighted by Crippen LogP contribution is -2.38. The molecule has 1 aliphatic heterocycles.